The van der Waals surface area contributed by atoms with E-state index in [1.165, 1.54) is 35.0 Å². The zero-order valence-electron chi connectivity index (χ0n) is 20.0. The minimum absolute atomic E-state index is 0.0207. The second-order valence-corrected chi connectivity index (χ2v) is 9.28. The fraction of sp³-hybridized carbons (Fsp3) is 0.138. The van der Waals surface area contributed by atoms with E-state index in [4.69, 9.17) is 11.6 Å². The van der Waals surface area contributed by atoms with Crippen molar-refractivity contribution < 1.29 is 31.1 Å². The van der Waals surface area contributed by atoms with Gasteiger partial charge in [-0.05, 0) is 53.9 Å². The van der Waals surface area contributed by atoms with Crippen molar-refractivity contribution in [2.75, 3.05) is 0 Å². The number of hydrogen-bond acceptors (Lipinski definition) is 2. The van der Waals surface area contributed by atoms with Crippen molar-refractivity contribution in [2.24, 2.45) is 0 Å². The van der Waals surface area contributed by atoms with E-state index in [1.54, 1.807) is 36.4 Å². The van der Waals surface area contributed by atoms with Gasteiger partial charge >= 0.3 is 12.8 Å². The summed E-state index contributed by atoms with van der Waals surface area (Å²) in [7, 11) is 0. The van der Waals surface area contributed by atoms with Crippen LogP contribution in [0.4, 0.5) is 26.3 Å². The second kappa shape index (κ2) is 10.6. The molecule has 0 atom stereocenters. The van der Waals surface area contributed by atoms with E-state index in [0.717, 1.165) is 17.7 Å². The molecule has 0 aliphatic rings. The third-order valence-corrected chi connectivity index (χ3v) is 6.38. The molecule has 0 fully saturated rings. The summed E-state index contributed by atoms with van der Waals surface area (Å²) in [5.74, 6) is -0.587. The van der Waals surface area contributed by atoms with E-state index >= 15 is 0 Å². The third-order valence-electron chi connectivity index (χ3n) is 6.14. The topological polar surface area (TPSA) is 27.1 Å². The quantitative estimate of drug-likeness (QED) is 0.186. The summed E-state index contributed by atoms with van der Waals surface area (Å²) >= 11 is 5.87. The number of alkyl halides is 5. The van der Waals surface area contributed by atoms with Crippen molar-refractivity contribution in [2.45, 2.75) is 25.8 Å². The molecule has 1 heterocycles. The van der Waals surface area contributed by atoms with Crippen molar-refractivity contribution in [3.05, 3.63) is 118 Å². The zero-order valence-corrected chi connectivity index (χ0v) is 20.8. The molecular formula is C29H19ClF6N2O. The highest BCUT2D eigenvalue weighted by atomic mass is 35.5. The molecule has 0 radical (unpaired) electrons. The molecule has 1 aromatic heterocycles. The predicted octanol–water partition coefficient (Wildman–Crippen LogP) is 8.76. The Bertz CT molecular complexity index is 1650. The Morgan fingerprint density at radius 2 is 1.59 bits per heavy atom. The SMILES string of the molecule is Fc1cc(Cl)ccc1Cn1nc2c(C(F)(F)F)cccc2c1-c1cccc(Cc2cccc(OC(F)F)c2)c1. The Kier molecular flexibility index (Phi) is 7.27. The van der Waals surface area contributed by atoms with Gasteiger partial charge in [-0.15, -0.1) is 0 Å². The summed E-state index contributed by atoms with van der Waals surface area (Å²) < 4.78 is 87.2. The number of benzene rings is 4. The van der Waals surface area contributed by atoms with Gasteiger partial charge in [-0.3, -0.25) is 4.68 Å². The monoisotopic (exact) mass is 560 g/mol. The van der Waals surface area contributed by atoms with Crippen LogP contribution in [0.25, 0.3) is 22.2 Å². The van der Waals surface area contributed by atoms with Crippen LogP contribution in [0.15, 0.2) is 84.9 Å². The number of nitrogens with zero attached hydrogens (tertiary/aromatic N) is 2. The van der Waals surface area contributed by atoms with Crippen LogP contribution in [0.3, 0.4) is 0 Å². The predicted molar refractivity (Wildman–Crippen MR) is 137 cm³/mol. The molecule has 0 N–H and O–H groups in total. The summed E-state index contributed by atoms with van der Waals surface area (Å²) in [4.78, 5) is 0. The van der Waals surface area contributed by atoms with Crippen LogP contribution in [0, 0.1) is 5.82 Å². The van der Waals surface area contributed by atoms with Gasteiger partial charge in [-0.2, -0.15) is 27.1 Å². The molecular weight excluding hydrogens is 542 g/mol. The lowest BCUT2D eigenvalue weighted by Gasteiger charge is -2.11. The van der Waals surface area contributed by atoms with Gasteiger partial charge in [0.2, 0.25) is 0 Å². The highest BCUT2D eigenvalue weighted by Gasteiger charge is 2.34. The van der Waals surface area contributed by atoms with E-state index < -0.39 is 24.2 Å². The van der Waals surface area contributed by atoms with Crippen molar-refractivity contribution in [1.82, 2.24) is 9.78 Å². The number of halogens is 7. The second-order valence-electron chi connectivity index (χ2n) is 8.84. The maximum atomic E-state index is 14.6. The first kappa shape index (κ1) is 26.6. The molecule has 0 spiro atoms. The first-order valence-electron chi connectivity index (χ1n) is 11.7. The smallest absolute Gasteiger partial charge is 0.418 e. The van der Waals surface area contributed by atoms with Gasteiger partial charge < -0.3 is 4.74 Å². The first-order chi connectivity index (χ1) is 18.6. The summed E-state index contributed by atoms with van der Waals surface area (Å²) in [5, 5.41) is 4.72. The van der Waals surface area contributed by atoms with Crippen molar-refractivity contribution >= 4 is 22.5 Å². The third kappa shape index (κ3) is 5.88. The van der Waals surface area contributed by atoms with Gasteiger partial charge in [0.05, 0.1) is 17.8 Å². The molecule has 5 aromatic rings. The fourth-order valence-corrected chi connectivity index (χ4v) is 4.67. The van der Waals surface area contributed by atoms with Gasteiger partial charge in [-0.25, -0.2) is 4.39 Å². The minimum Gasteiger partial charge on any atom is -0.435 e. The summed E-state index contributed by atoms with van der Waals surface area (Å²) in [6, 6.07) is 21.2. The Morgan fingerprint density at radius 3 is 2.31 bits per heavy atom. The van der Waals surface area contributed by atoms with Crippen molar-refractivity contribution in [1.29, 1.82) is 0 Å². The largest absolute Gasteiger partial charge is 0.435 e. The lowest BCUT2D eigenvalue weighted by atomic mass is 9.99. The maximum Gasteiger partial charge on any atom is 0.418 e. The van der Waals surface area contributed by atoms with Gasteiger partial charge in [0.1, 0.15) is 17.1 Å². The van der Waals surface area contributed by atoms with Crippen LogP contribution in [0.1, 0.15) is 22.3 Å². The number of ether oxygens (including phenoxy) is 1. The maximum absolute atomic E-state index is 14.6. The van der Waals surface area contributed by atoms with E-state index in [1.807, 2.05) is 6.07 Å². The molecule has 0 aliphatic carbocycles. The molecule has 5 rings (SSSR count). The van der Waals surface area contributed by atoms with E-state index in [9.17, 15) is 26.3 Å². The summed E-state index contributed by atoms with van der Waals surface area (Å²) in [5.41, 5.74) is 1.46. The van der Waals surface area contributed by atoms with Crippen LogP contribution >= 0.6 is 11.6 Å². The highest BCUT2D eigenvalue weighted by Crippen LogP contribution is 2.38. The fourth-order valence-electron chi connectivity index (χ4n) is 4.51. The van der Waals surface area contributed by atoms with Gasteiger partial charge in [0.15, 0.2) is 0 Å². The Hall–Kier alpha value is -3.98. The number of rotatable bonds is 7. The Morgan fingerprint density at radius 1 is 0.872 bits per heavy atom. The van der Waals surface area contributed by atoms with Crippen LogP contribution in [-0.2, 0) is 19.1 Å². The van der Waals surface area contributed by atoms with E-state index in [0.29, 0.717) is 23.2 Å². The molecule has 3 nitrogen and oxygen atoms in total. The lowest BCUT2D eigenvalue weighted by Crippen LogP contribution is -2.07. The molecule has 39 heavy (non-hydrogen) atoms. The molecule has 0 saturated carbocycles. The number of aromatic nitrogens is 2. The molecule has 0 amide bonds. The van der Waals surface area contributed by atoms with Crippen LogP contribution in [0.2, 0.25) is 5.02 Å². The summed E-state index contributed by atoms with van der Waals surface area (Å²) in [6.45, 7) is -3.09. The van der Waals surface area contributed by atoms with Crippen molar-refractivity contribution in [3.63, 3.8) is 0 Å². The van der Waals surface area contributed by atoms with Gasteiger partial charge in [0, 0.05) is 21.5 Å². The van der Waals surface area contributed by atoms with Gasteiger partial charge in [0.25, 0.3) is 0 Å². The van der Waals surface area contributed by atoms with Crippen LogP contribution < -0.4 is 4.74 Å². The number of fused-ring (bicyclic) bond motifs is 1. The van der Waals surface area contributed by atoms with Gasteiger partial charge in [-0.1, -0.05) is 60.1 Å². The Labute approximate surface area is 224 Å². The molecule has 0 saturated heterocycles. The van der Waals surface area contributed by atoms with Crippen LogP contribution in [-0.4, -0.2) is 16.4 Å². The Balaban J connectivity index is 1.60. The molecule has 200 valence electrons. The molecule has 4 aromatic carbocycles. The molecule has 0 unspecified atom stereocenters. The average molecular weight is 561 g/mol. The van der Waals surface area contributed by atoms with Crippen LogP contribution in [0.5, 0.6) is 5.75 Å². The standard InChI is InChI=1S/C29H19ClF6N2O/c30-21-11-10-20(25(31)15-21)16-38-27(23-8-3-9-24(26(23)37-38)29(34,35)36)19-6-1-4-17(13-19)12-18-5-2-7-22(14-18)39-28(32)33/h1-11,13-15,28H,12,16H2. The van der Waals surface area contributed by atoms with Crippen molar-refractivity contribution in [3.8, 4) is 17.0 Å². The normalized spacial score (nSPS) is 11.9. The molecule has 0 aliphatic heterocycles. The highest BCUT2D eigenvalue weighted by molar-refractivity contribution is 6.30. The van der Waals surface area contributed by atoms with E-state index in [-0.39, 0.29) is 33.8 Å². The zero-order chi connectivity index (χ0) is 27.7. The lowest BCUT2D eigenvalue weighted by molar-refractivity contribution is -0.136. The minimum atomic E-state index is -4.64. The summed E-state index contributed by atoms with van der Waals surface area (Å²) in [6.07, 6.45) is -4.30. The molecule has 10 heteroatoms. The average Bonchev–Trinajstić information content (AvgIpc) is 3.23. The van der Waals surface area contributed by atoms with E-state index in [2.05, 4.69) is 9.84 Å². The number of hydrogen-bond donors (Lipinski definition) is 0. The first-order valence-corrected chi connectivity index (χ1v) is 12.1. The molecule has 0 bridgehead atoms.